The number of aliphatic imine (C=N–C) groups is 2. The van der Waals surface area contributed by atoms with Gasteiger partial charge in [0.2, 0.25) is 0 Å². The molecule has 0 bridgehead atoms. The molecule has 1 aliphatic rings. The molecule has 1 heterocycles. The molecule has 0 amide bonds. The van der Waals surface area contributed by atoms with Gasteiger partial charge >= 0.3 is 0 Å². The molecule has 2 aromatic carbocycles. The minimum absolute atomic E-state index is 0.423. The highest BCUT2D eigenvalue weighted by atomic mass is 15.1. The summed E-state index contributed by atoms with van der Waals surface area (Å²) in [5.74, 6) is 5.78. The summed E-state index contributed by atoms with van der Waals surface area (Å²) in [6.45, 7) is 30.5. The van der Waals surface area contributed by atoms with Gasteiger partial charge in [-0.25, -0.2) is 0 Å². The maximum absolute atomic E-state index is 5.75. The molecule has 0 aromatic heterocycles. The second kappa shape index (κ2) is 26.2. The first kappa shape index (κ1) is 45.3. The Kier molecular flexibility index (Phi) is 24.8. The fourth-order valence-corrected chi connectivity index (χ4v) is 4.75. The van der Waals surface area contributed by atoms with Crippen LogP contribution in [0.25, 0.3) is 0 Å². The summed E-state index contributed by atoms with van der Waals surface area (Å²) in [5.41, 5.74) is 11.6. The molecule has 0 fully saturated rings. The molecule has 48 heavy (non-hydrogen) atoms. The van der Waals surface area contributed by atoms with E-state index in [1.807, 2.05) is 14.1 Å². The molecule has 0 saturated heterocycles. The predicted octanol–water partition coefficient (Wildman–Crippen LogP) is 11.0. The third-order valence-corrected chi connectivity index (χ3v) is 9.82. The molecule has 1 aliphatic heterocycles. The summed E-state index contributed by atoms with van der Waals surface area (Å²) in [6, 6.07) is 18.2. The maximum Gasteiger partial charge on any atom is 0.0992 e. The molecule has 3 rings (SSSR count). The zero-order valence-electron chi connectivity index (χ0n) is 33.9. The third kappa shape index (κ3) is 18.8. The number of likely N-dealkylation sites (N-methyl/N-ethyl adjacent to an activating group) is 1. The highest BCUT2D eigenvalue weighted by Crippen LogP contribution is 2.24. The minimum atomic E-state index is 0.423. The van der Waals surface area contributed by atoms with Gasteiger partial charge < -0.3 is 16.0 Å². The van der Waals surface area contributed by atoms with Gasteiger partial charge in [-0.3, -0.25) is 9.98 Å². The smallest absolute Gasteiger partial charge is 0.0992 e. The van der Waals surface area contributed by atoms with E-state index in [1.54, 1.807) is 0 Å². The number of hydrogen-bond acceptors (Lipinski definition) is 4. The van der Waals surface area contributed by atoms with Gasteiger partial charge in [0, 0.05) is 24.9 Å². The molecule has 0 radical (unpaired) electrons. The summed E-state index contributed by atoms with van der Waals surface area (Å²) < 4.78 is 0. The molecule has 0 spiro atoms. The fourth-order valence-electron chi connectivity index (χ4n) is 4.75. The van der Waals surface area contributed by atoms with Crippen LogP contribution in [0.2, 0.25) is 0 Å². The Balaban J connectivity index is 0.000000620. The third-order valence-electron chi connectivity index (χ3n) is 9.82. The first-order valence-corrected chi connectivity index (χ1v) is 19.2. The number of nitrogens with zero attached hydrogens (tertiary/aromatic N) is 3. The van der Waals surface area contributed by atoms with Gasteiger partial charge in [0.25, 0.3) is 0 Å². The number of nitrogens with two attached hydrogens (primary N) is 1. The second-order valence-corrected chi connectivity index (χ2v) is 14.3. The van der Waals surface area contributed by atoms with Crippen molar-refractivity contribution >= 4 is 11.7 Å². The van der Waals surface area contributed by atoms with Crippen LogP contribution >= 0.6 is 0 Å². The van der Waals surface area contributed by atoms with Crippen molar-refractivity contribution in [2.24, 2.45) is 27.6 Å². The largest absolute Gasteiger partial charge is 0.387 e. The van der Waals surface area contributed by atoms with Gasteiger partial charge in [-0.15, -0.1) is 0 Å². The van der Waals surface area contributed by atoms with Crippen molar-refractivity contribution < 1.29 is 0 Å². The lowest BCUT2D eigenvalue weighted by molar-refractivity contribution is 0.420. The van der Waals surface area contributed by atoms with E-state index < -0.39 is 0 Å². The summed E-state index contributed by atoms with van der Waals surface area (Å²) in [7, 11) is 4.07. The normalized spacial score (nSPS) is 15.8. The molecule has 5 nitrogen and oxygen atoms in total. The van der Waals surface area contributed by atoms with Crippen molar-refractivity contribution in [1.29, 1.82) is 0 Å². The van der Waals surface area contributed by atoms with E-state index in [2.05, 4.69) is 152 Å². The summed E-state index contributed by atoms with van der Waals surface area (Å²) in [4.78, 5) is 10.7. The number of benzene rings is 2. The maximum atomic E-state index is 5.75. The zero-order valence-corrected chi connectivity index (χ0v) is 33.9. The monoisotopic (exact) mass is 664 g/mol. The van der Waals surface area contributed by atoms with Crippen LogP contribution < -0.4 is 11.1 Å². The number of rotatable bonds is 14. The Labute approximate surface area is 298 Å². The van der Waals surface area contributed by atoms with E-state index in [0.29, 0.717) is 35.5 Å². The Morgan fingerprint density at radius 2 is 1.06 bits per heavy atom. The standard InChI is InChI=1S/C14H22.C13H20.C9H21N3.C7H14N2/c1-5-11(3)13-7-9-14(10-8-13)12(4)6-2;1-5-11(4)13-8-6-12(7-9-13)10(2)3;1-5-8(2)9(10)11-6-7-12(3)4;1-3-6(2)7-8-4-5-9-7/h7-12H,5-6H2,1-4H3;6-11H,5H2,1-4H3;8H,5-7H2,1-4H3,(H2,10,11);6H,3-5H2,1-2H3,(H,8,9). The van der Waals surface area contributed by atoms with Gasteiger partial charge in [0.15, 0.2) is 0 Å². The minimum Gasteiger partial charge on any atom is -0.387 e. The summed E-state index contributed by atoms with van der Waals surface area (Å²) in [6.07, 6.45) is 5.93. The van der Waals surface area contributed by atoms with E-state index in [-0.39, 0.29) is 0 Å². The van der Waals surface area contributed by atoms with Crippen LogP contribution in [0, 0.1) is 11.8 Å². The first-order chi connectivity index (χ1) is 22.7. The van der Waals surface area contributed by atoms with Gasteiger partial charge in [-0.05, 0) is 92.1 Å². The van der Waals surface area contributed by atoms with Crippen molar-refractivity contribution in [3.63, 3.8) is 0 Å². The van der Waals surface area contributed by atoms with Crippen LogP contribution in [0.1, 0.15) is 161 Å². The van der Waals surface area contributed by atoms with Crippen molar-refractivity contribution in [2.45, 2.75) is 139 Å². The Hall–Kier alpha value is -2.66. The lowest BCUT2D eigenvalue weighted by atomic mass is 9.93. The highest BCUT2D eigenvalue weighted by molar-refractivity contribution is 5.85. The van der Waals surface area contributed by atoms with Gasteiger partial charge in [0.1, 0.15) is 0 Å². The molecule has 2 aromatic rings. The van der Waals surface area contributed by atoms with E-state index in [9.17, 15) is 0 Å². The molecule has 5 heteroatoms. The van der Waals surface area contributed by atoms with Crippen LogP contribution in [0.4, 0.5) is 0 Å². The summed E-state index contributed by atoms with van der Waals surface area (Å²) in [5, 5.41) is 3.26. The van der Waals surface area contributed by atoms with Crippen molar-refractivity contribution in [3.8, 4) is 0 Å². The molecule has 5 unspecified atom stereocenters. The van der Waals surface area contributed by atoms with E-state index in [4.69, 9.17) is 5.73 Å². The fraction of sp³-hybridized carbons (Fsp3) is 0.674. The van der Waals surface area contributed by atoms with Crippen LogP contribution in [0.3, 0.4) is 0 Å². The quantitative estimate of drug-likeness (QED) is 0.156. The number of nitrogens with one attached hydrogen (secondary N) is 1. The molecule has 5 atom stereocenters. The highest BCUT2D eigenvalue weighted by Gasteiger charge is 2.10. The SMILES string of the molecule is CCC(C)C(N)=NCCN(C)C.CCC(C)C1=NCCN1.CCC(C)c1ccc(C(C)C)cc1.CCC(C)c1ccc(C(C)CC)cc1. The molecular formula is C43H77N5. The van der Waals surface area contributed by atoms with Crippen LogP contribution in [0.5, 0.6) is 0 Å². The molecule has 3 N–H and O–H groups in total. The second-order valence-electron chi connectivity index (χ2n) is 14.3. The Bertz CT molecular complexity index is 1090. The first-order valence-electron chi connectivity index (χ1n) is 19.2. The zero-order chi connectivity index (χ0) is 36.6. The van der Waals surface area contributed by atoms with Gasteiger partial charge in [-0.1, -0.05) is 132 Å². The van der Waals surface area contributed by atoms with Crippen LogP contribution in [-0.2, 0) is 0 Å². The van der Waals surface area contributed by atoms with Gasteiger partial charge in [0.05, 0.1) is 24.8 Å². The van der Waals surface area contributed by atoms with Crippen molar-refractivity contribution in [1.82, 2.24) is 10.2 Å². The van der Waals surface area contributed by atoms with E-state index in [1.165, 1.54) is 53.8 Å². The topological polar surface area (TPSA) is 66.0 Å². The summed E-state index contributed by atoms with van der Waals surface area (Å²) >= 11 is 0. The molecule has 0 aliphatic carbocycles. The molecule has 0 saturated carbocycles. The molecule has 274 valence electrons. The van der Waals surface area contributed by atoms with Crippen LogP contribution in [-0.4, -0.2) is 56.8 Å². The lowest BCUT2D eigenvalue weighted by Crippen LogP contribution is -2.24. The average Bonchev–Trinajstić information content (AvgIpc) is 3.66. The van der Waals surface area contributed by atoms with E-state index >= 15 is 0 Å². The number of amidine groups is 2. The van der Waals surface area contributed by atoms with Crippen LogP contribution in [0.15, 0.2) is 58.5 Å². The Morgan fingerprint density at radius 1 is 0.667 bits per heavy atom. The van der Waals surface area contributed by atoms with Crippen molar-refractivity contribution in [3.05, 3.63) is 70.8 Å². The predicted molar refractivity (Wildman–Crippen MR) is 217 cm³/mol. The number of hydrogen-bond donors (Lipinski definition) is 2. The average molecular weight is 664 g/mol. The molecular weight excluding hydrogens is 587 g/mol. The van der Waals surface area contributed by atoms with E-state index in [0.717, 1.165) is 38.4 Å². The lowest BCUT2D eigenvalue weighted by Gasteiger charge is -2.12. The van der Waals surface area contributed by atoms with Gasteiger partial charge in [-0.2, -0.15) is 0 Å². The Morgan fingerprint density at radius 3 is 1.35 bits per heavy atom. The van der Waals surface area contributed by atoms with Crippen molar-refractivity contribution in [2.75, 3.05) is 40.3 Å².